The van der Waals surface area contributed by atoms with Crippen LogP contribution in [0, 0.1) is 0 Å². The molecule has 1 aromatic heterocycles. The quantitative estimate of drug-likeness (QED) is 0.781. The van der Waals surface area contributed by atoms with Crippen molar-refractivity contribution in [1.82, 2.24) is 5.16 Å². The first-order valence-corrected chi connectivity index (χ1v) is 4.34. The second-order valence-electron chi connectivity index (χ2n) is 2.93. The van der Waals surface area contributed by atoms with Gasteiger partial charge in [0.25, 0.3) is 0 Å². The monoisotopic (exact) mass is 203 g/mol. The first-order chi connectivity index (χ1) is 7.25. The second-order valence-corrected chi connectivity index (χ2v) is 2.93. The third-order valence-corrected chi connectivity index (χ3v) is 1.82. The minimum atomic E-state index is -0.664. The highest BCUT2D eigenvalue weighted by atomic mass is 16.5. The zero-order chi connectivity index (χ0) is 10.7. The Morgan fingerprint density at radius 3 is 2.73 bits per heavy atom. The number of primary amides is 1. The van der Waals surface area contributed by atoms with E-state index in [1.165, 1.54) is 0 Å². The number of nitrogens with one attached hydrogen (secondary N) is 1. The minimum absolute atomic E-state index is 0.307. The summed E-state index contributed by atoms with van der Waals surface area (Å²) in [5.74, 6) is 0.890. The number of carbonyl (C=O) groups excluding carboxylic acids is 1. The maximum atomic E-state index is 10.5. The molecule has 5 nitrogen and oxygen atoms in total. The zero-order valence-corrected chi connectivity index (χ0v) is 7.81. The standard InChI is InChI=1S/C10H9N3O2/c11-10(14)12-9-6-8(15-13-9)7-4-2-1-3-5-7/h1-6H,(H3,11,12,13,14). The number of nitrogens with two attached hydrogens (primary N) is 1. The fraction of sp³-hybridized carbons (Fsp3) is 0. The van der Waals surface area contributed by atoms with Gasteiger partial charge in [-0.2, -0.15) is 0 Å². The lowest BCUT2D eigenvalue weighted by Gasteiger charge is -1.92. The van der Waals surface area contributed by atoms with Crippen LogP contribution in [0.1, 0.15) is 0 Å². The summed E-state index contributed by atoms with van der Waals surface area (Å²) in [7, 11) is 0. The first kappa shape index (κ1) is 9.26. The molecule has 0 saturated carbocycles. The number of anilines is 1. The third kappa shape index (κ3) is 2.14. The minimum Gasteiger partial charge on any atom is -0.354 e. The van der Waals surface area contributed by atoms with Crippen molar-refractivity contribution in [3.05, 3.63) is 36.4 Å². The van der Waals surface area contributed by atoms with Crippen molar-refractivity contribution in [2.45, 2.75) is 0 Å². The van der Waals surface area contributed by atoms with Crippen LogP contribution in [0.2, 0.25) is 0 Å². The highest BCUT2D eigenvalue weighted by Crippen LogP contribution is 2.21. The fourth-order valence-corrected chi connectivity index (χ4v) is 1.20. The number of aromatic nitrogens is 1. The van der Waals surface area contributed by atoms with Crippen LogP contribution in [-0.4, -0.2) is 11.2 Å². The number of rotatable bonds is 2. The molecule has 2 rings (SSSR count). The molecule has 0 fully saturated rings. The molecule has 2 aromatic rings. The van der Waals surface area contributed by atoms with Crippen molar-refractivity contribution in [2.75, 3.05) is 5.32 Å². The topological polar surface area (TPSA) is 81.2 Å². The van der Waals surface area contributed by atoms with E-state index in [4.69, 9.17) is 10.3 Å². The smallest absolute Gasteiger partial charge is 0.317 e. The Hall–Kier alpha value is -2.30. The lowest BCUT2D eigenvalue weighted by molar-refractivity contribution is 0.259. The van der Waals surface area contributed by atoms with Gasteiger partial charge < -0.3 is 10.3 Å². The average Bonchev–Trinajstić information content (AvgIpc) is 2.67. The molecule has 0 spiro atoms. The average molecular weight is 203 g/mol. The Morgan fingerprint density at radius 2 is 2.07 bits per heavy atom. The predicted octanol–water partition coefficient (Wildman–Crippen LogP) is 1.83. The molecule has 0 aliphatic carbocycles. The van der Waals surface area contributed by atoms with E-state index in [1.54, 1.807) is 6.07 Å². The molecule has 0 atom stereocenters. The number of amides is 2. The lowest BCUT2D eigenvalue weighted by atomic mass is 10.2. The summed E-state index contributed by atoms with van der Waals surface area (Å²) in [6.07, 6.45) is 0. The van der Waals surface area contributed by atoms with Crippen molar-refractivity contribution < 1.29 is 9.32 Å². The van der Waals surface area contributed by atoms with Crippen LogP contribution in [0.25, 0.3) is 11.3 Å². The summed E-state index contributed by atoms with van der Waals surface area (Å²) in [6.45, 7) is 0. The Balaban J connectivity index is 2.24. The van der Waals surface area contributed by atoms with E-state index in [-0.39, 0.29) is 0 Å². The largest absolute Gasteiger partial charge is 0.354 e. The van der Waals surface area contributed by atoms with Crippen LogP contribution < -0.4 is 11.1 Å². The van der Waals surface area contributed by atoms with Gasteiger partial charge in [-0.05, 0) is 0 Å². The number of benzene rings is 1. The molecule has 0 unspecified atom stereocenters. The summed E-state index contributed by atoms with van der Waals surface area (Å²) >= 11 is 0. The van der Waals surface area contributed by atoms with Gasteiger partial charge >= 0.3 is 6.03 Å². The van der Waals surface area contributed by atoms with Crippen LogP contribution in [0.4, 0.5) is 10.6 Å². The van der Waals surface area contributed by atoms with Gasteiger partial charge in [0.05, 0.1) is 0 Å². The molecule has 1 aromatic carbocycles. The molecule has 5 heteroatoms. The van der Waals surface area contributed by atoms with E-state index in [0.29, 0.717) is 11.6 Å². The fourth-order valence-electron chi connectivity index (χ4n) is 1.20. The molecule has 76 valence electrons. The second kappa shape index (κ2) is 3.83. The summed E-state index contributed by atoms with van der Waals surface area (Å²) in [5.41, 5.74) is 5.83. The van der Waals surface area contributed by atoms with E-state index >= 15 is 0 Å². The van der Waals surface area contributed by atoms with Crippen molar-refractivity contribution in [2.24, 2.45) is 5.73 Å². The third-order valence-electron chi connectivity index (χ3n) is 1.82. The SMILES string of the molecule is NC(=O)Nc1cc(-c2ccccc2)on1. The highest BCUT2D eigenvalue weighted by Gasteiger charge is 2.06. The molecule has 15 heavy (non-hydrogen) atoms. The van der Waals surface area contributed by atoms with Gasteiger partial charge in [0, 0.05) is 11.6 Å². The number of urea groups is 1. The van der Waals surface area contributed by atoms with Gasteiger partial charge in [0.15, 0.2) is 11.6 Å². The maximum absolute atomic E-state index is 10.5. The summed E-state index contributed by atoms with van der Waals surface area (Å²) < 4.78 is 5.03. The molecule has 0 bridgehead atoms. The van der Waals surface area contributed by atoms with Crippen LogP contribution >= 0.6 is 0 Å². The Kier molecular flexibility index (Phi) is 2.37. The molecular weight excluding hydrogens is 194 g/mol. The van der Waals surface area contributed by atoms with Crippen molar-refractivity contribution in [3.63, 3.8) is 0 Å². The van der Waals surface area contributed by atoms with Crippen LogP contribution in [0.5, 0.6) is 0 Å². The van der Waals surface area contributed by atoms with E-state index < -0.39 is 6.03 Å². The van der Waals surface area contributed by atoms with Gasteiger partial charge in [-0.3, -0.25) is 5.32 Å². The van der Waals surface area contributed by atoms with Gasteiger partial charge in [0.1, 0.15) is 0 Å². The van der Waals surface area contributed by atoms with Gasteiger partial charge in [-0.25, -0.2) is 4.79 Å². The van der Waals surface area contributed by atoms with Gasteiger partial charge in [-0.15, -0.1) is 0 Å². The van der Waals surface area contributed by atoms with E-state index in [2.05, 4.69) is 10.5 Å². The Bertz CT molecular complexity index is 465. The van der Waals surface area contributed by atoms with Crippen LogP contribution in [0.3, 0.4) is 0 Å². The van der Waals surface area contributed by atoms with E-state index in [0.717, 1.165) is 5.56 Å². The van der Waals surface area contributed by atoms with Crippen molar-refractivity contribution >= 4 is 11.8 Å². The molecule has 0 saturated heterocycles. The molecule has 0 radical (unpaired) electrons. The van der Waals surface area contributed by atoms with Crippen molar-refractivity contribution in [1.29, 1.82) is 0 Å². The Morgan fingerprint density at radius 1 is 1.33 bits per heavy atom. The van der Waals surface area contributed by atoms with E-state index in [9.17, 15) is 4.79 Å². The van der Waals surface area contributed by atoms with Crippen molar-refractivity contribution in [3.8, 4) is 11.3 Å². The molecule has 1 heterocycles. The number of hydrogen-bond acceptors (Lipinski definition) is 3. The number of carbonyl (C=O) groups is 1. The van der Waals surface area contributed by atoms with Crippen LogP contribution in [-0.2, 0) is 0 Å². The lowest BCUT2D eigenvalue weighted by Crippen LogP contribution is -2.19. The predicted molar refractivity (Wildman–Crippen MR) is 55.1 cm³/mol. The molecule has 2 amide bonds. The summed E-state index contributed by atoms with van der Waals surface area (Å²) in [6, 6.07) is 10.4. The normalized spacial score (nSPS) is 9.87. The van der Waals surface area contributed by atoms with E-state index in [1.807, 2.05) is 30.3 Å². The summed E-state index contributed by atoms with van der Waals surface area (Å²) in [4.78, 5) is 10.5. The first-order valence-electron chi connectivity index (χ1n) is 4.34. The zero-order valence-electron chi connectivity index (χ0n) is 7.81. The molecule has 0 aliphatic heterocycles. The van der Waals surface area contributed by atoms with Gasteiger partial charge in [0.2, 0.25) is 0 Å². The Labute approximate surface area is 85.9 Å². The number of nitrogens with zero attached hydrogens (tertiary/aromatic N) is 1. The highest BCUT2D eigenvalue weighted by molar-refractivity contribution is 5.87. The molecular formula is C10H9N3O2. The molecule has 0 aliphatic rings. The summed E-state index contributed by atoms with van der Waals surface area (Å²) in [5, 5.41) is 5.97. The van der Waals surface area contributed by atoms with Crippen LogP contribution in [0.15, 0.2) is 40.9 Å². The molecule has 3 N–H and O–H groups in total. The van der Waals surface area contributed by atoms with Gasteiger partial charge in [-0.1, -0.05) is 35.5 Å². The maximum Gasteiger partial charge on any atom is 0.317 e. The number of hydrogen-bond donors (Lipinski definition) is 2.